The molecule has 0 aromatic rings. The number of hydrogen-bond donors (Lipinski definition) is 1. The van der Waals surface area contributed by atoms with Gasteiger partial charge >= 0.3 is 5.97 Å². The highest BCUT2D eigenvalue weighted by Crippen LogP contribution is 2.05. The minimum atomic E-state index is -0.975. The molecule has 0 radical (unpaired) electrons. The molecule has 0 fully saturated rings. The molecule has 0 aliphatic rings. The minimum absolute atomic E-state index is 0.172. The SMILES string of the molecule is O=C(O)C=CC=CC=CC=C(Cl)Cl. The topological polar surface area (TPSA) is 37.3 Å². The van der Waals surface area contributed by atoms with Gasteiger partial charge < -0.3 is 5.11 Å². The van der Waals surface area contributed by atoms with Gasteiger partial charge in [0.25, 0.3) is 0 Å². The summed E-state index contributed by atoms with van der Waals surface area (Å²) in [7, 11) is 0. The van der Waals surface area contributed by atoms with Crippen LogP contribution in [-0.4, -0.2) is 11.1 Å². The fourth-order valence-electron chi connectivity index (χ4n) is 0.459. The van der Waals surface area contributed by atoms with Crippen LogP contribution in [0.4, 0.5) is 0 Å². The van der Waals surface area contributed by atoms with E-state index in [4.69, 9.17) is 28.3 Å². The minimum Gasteiger partial charge on any atom is -0.478 e. The van der Waals surface area contributed by atoms with E-state index in [0.717, 1.165) is 6.08 Å². The summed E-state index contributed by atoms with van der Waals surface area (Å²) >= 11 is 10.6. The molecule has 1 N–H and O–H groups in total. The summed E-state index contributed by atoms with van der Waals surface area (Å²) in [4.78, 5) is 9.99. The summed E-state index contributed by atoms with van der Waals surface area (Å²) in [6.07, 6.45) is 10.5. The van der Waals surface area contributed by atoms with Crippen molar-refractivity contribution >= 4 is 29.2 Å². The first kappa shape index (κ1) is 12.0. The lowest BCUT2D eigenvalue weighted by Crippen LogP contribution is -1.84. The number of hydrogen-bond acceptors (Lipinski definition) is 1. The van der Waals surface area contributed by atoms with Crippen molar-refractivity contribution in [3.05, 3.63) is 47.0 Å². The van der Waals surface area contributed by atoms with Crippen LogP contribution in [0.1, 0.15) is 0 Å². The zero-order chi connectivity index (χ0) is 10.1. The molecule has 70 valence electrons. The number of carboxylic acids is 1. The lowest BCUT2D eigenvalue weighted by Gasteiger charge is -1.76. The molecule has 13 heavy (non-hydrogen) atoms. The molecule has 0 bridgehead atoms. The largest absolute Gasteiger partial charge is 0.478 e. The van der Waals surface area contributed by atoms with E-state index in [1.54, 1.807) is 24.3 Å². The van der Waals surface area contributed by atoms with E-state index < -0.39 is 5.97 Å². The van der Waals surface area contributed by atoms with E-state index in [9.17, 15) is 4.79 Å². The van der Waals surface area contributed by atoms with Crippen LogP contribution in [0.15, 0.2) is 47.0 Å². The normalized spacial score (nSPS) is 11.5. The van der Waals surface area contributed by atoms with Gasteiger partial charge in [0.15, 0.2) is 0 Å². The summed E-state index contributed by atoms with van der Waals surface area (Å²) in [5, 5.41) is 8.21. The van der Waals surface area contributed by atoms with Crippen molar-refractivity contribution in [3.63, 3.8) is 0 Å². The van der Waals surface area contributed by atoms with Crippen LogP contribution >= 0.6 is 23.2 Å². The molecule has 0 aliphatic carbocycles. The van der Waals surface area contributed by atoms with E-state index in [1.807, 2.05) is 0 Å². The third kappa shape index (κ3) is 11.0. The molecule has 0 unspecified atom stereocenters. The Morgan fingerprint density at radius 3 is 2.08 bits per heavy atom. The molecular formula is C9H8Cl2O2. The van der Waals surface area contributed by atoms with Gasteiger partial charge in [-0.2, -0.15) is 0 Å². The molecule has 0 rings (SSSR count). The third-order valence-electron chi connectivity index (χ3n) is 0.905. The zero-order valence-corrected chi connectivity index (χ0v) is 8.16. The molecule has 2 nitrogen and oxygen atoms in total. The zero-order valence-electron chi connectivity index (χ0n) is 6.65. The van der Waals surface area contributed by atoms with Crippen LogP contribution in [-0.2, 0) is 4.79 Å². The van der Waals surface area contributed by atoms with Gasteiger partial charge in [-0.05, 0) is 6.08 Å². The van der Waals surface area contributed by atoms with Crippen molar-refractivity contribution in [2.24, 2.45) is 0 Å². The van der Waals surface area contributed by atoms with E-state index in [0.29, 0.717) is 0 Å². The highest BCUT2D eigenvalue weighted by atomic mass is 35.5. The Hall–Kier alpha value is -0.990. The molecule has 0 saturated heterocycles. The Bertz CT molecular complexity index is 271. The lowest BCUT2D eigenvalue weighted by atomic mass is 10.4. The number of carbonyl (C=O) groups is 1. The van der Waals surface area contributed by atoms with Crippen molar-refractivity contribution in [3.8, 4) is 0 Å². The monoisotopic (exact) mass is 218 g/mol. The van der Waals surface area contributed by atoms with Gasteiger partial charge in [0.1, 0.15) is 4.49 Å². The second-order valence-electron chi connectivity index (χ2n) is 1.92. The highest BCUT2D eigenvalue weighted by Gasteiger charge is 1.79. The molecular weight excluding hydrogens is 211 g/mol. The van der Waals surface area contributed by atoms with Gasteiger partial charge in [-0.1, -0.05) is 53.6 Å². The Kier molecular flexibility index (Phi) is 7.07. The van der Waals surface area contributed by atoms with Gasteiger partial charge in [0.2, 0.25) is 0 Å². The average Bonchev–Trinajstić information content (AvgIpc) is 2.01. The van der Waals surface area contributed by atoms with E-state index in [1.165, 1.54) is 12.2 Å². The molecule has 0 aromatic heterocycles. The standard InChI is InChI=1S/C9H8Cl2O2/c10-8(11)6-4-2-1-3-5-7-9(12)13/h1-7H,(H,12,13). The summed E-state index contributed by atoms with van der Waals surface area (Å²) in [5.74, 6) is -0.975. The molecule has 0 spiro atoms. The average molecular weight is 219 g/mol. The van der Waals surface area contributed by atoms with Crippen molar-refractivity contribution < 1.29 is 9.90 Å². The Balaban J connectivity index is 3.82. The first-order chi connectivity index (χ1) is 6.13. The molecule has 4 heteroatoms. The van der Waals surface area contributed by atoms with Crippen LogP contribution in [0.5, 0.6) is 0 Å². The van der Waals surface area contributed by atoms with E-state index in [-0.39, 0.29) is 4.49 Å². The van der Waals surface area contributed by atoms with Crippen molar-refractivity contribution in [1.29, 1.82) is 0 Å². The highest BCUT2D eigenvalue weighted by molar-refractivity contribution is 6.55. The van der Waals surface area contributed by atoms with E-state index >= 15 is 0 Å². The second-order valence-corrected chi connectivity index (χ2v) is 2.93. The summed E-state index contributed by atoms with van der Waals surface area (Å²) < 4.78 is 0.172. The third-order valence-corrected chi connectivity index (χ3v) is 1.16. The first-order valence-electron chi connectivity index (χ1n) is 3.38. The predicted molar refractivity (Wildman–Crippen MR) is 54.8 cm³/mol. The first-order valence-corrected chi connectivity index (χ1v) is 4.14. The quantitative estimate of drug-likeness (QED) is 0.582. The number of allylic oxidation sites excluding steroid dienone is 6. The van der Waals surface area contributed by atoms with Crippen molar-refractivity contribution in [2.45, 2.75) is 0 Å². The number of carboxylic acid groups (broad SMARTS) is 1. The number of rotatable bonds is 4. The smallest absolute Gasteiger partial charge is 0.328 e. The van der Waals surface area contributed by atoms with Crippen molar-refractivity contribution in [2.75, 3.05) is 0 Å². The van der Waals surface area contributed by atoms with Crippen molar-refractivity contribution in [1.82, 2.24) is 0 Å². The molecule has 0 amide bonds. The Morgan fingerprint density at radius 1 is 1.00 bits per heavy atom. The molecule has 0 heterocycles. The summed E-state index contributed by atoms with van der Waals surface area (Å²) in [5.41, 5.74) is 0. The van der Waals surface area contributed by atoms with Gasteiger partial charge in [-0.3, -0.25) is 0 Å². The predicted octanol–water partition coefficient (Wildman–Crippen LogP) is 3.06. The maximum absolute atomic E-state index is 9.99. The van der Waals surface area contributed by atoms with E-state index in [2.05, 4.69) is 0 Å². The van der Waals surface area contributed by atoms with Gasteiger partial charge in [0.05, 0.1) is 0 Å². The van der Waals surface area contributed by atoms with Gasteiger partial charge in [0, 0.05) is 6.08 Å². The molecule has 0 aliphatic heterocycles. The van der Waals surface area contributed by atoms with Crippen LogP contribution < -0.4 is 0 Å². The maximum Gasteiger partial charge on any atom is 0.328 e. The molecule has 0 aromatic carbocycles. The van der Waals surface area contributed by atoms with Crippen LogP contribution in [0.25, 0.3) is 0 Å². The number of halogens is 2. The van der Waals surface area contributed by atoms with Crippen LogP contribution in [0.3, 0.4) is 0 Å². The number of aliphatic carboxylic acids is 1. The fourth-order valence-corrected chi connectivity index (χ4v) is 0.604. The second kappa shape index (κ2) is 7.65. The summed E-state index contributed by atoms with van der Waals surface area (Å²) in [6.45, 7) is 0. The van der Waals surface area contributed by atoms with Crippen LogP contribution in [0.2, 0.25) is 0 Å². The maximum atomic E-state index is 9.99. The van der Waals surface area contributed by atoms with Gasteiger partial charge in [-0.25, -0.2) is 4.79 Å². The Morgan fingerprint density at radius 2 is 1.54 bits per heavy atom. The Labute approximate surface area is 86.5 Å². The van der Waals surface area contributed by atoms with Crippen LogP contribution in [0, 0.1) is 0 Å². The lowest BCUT2D eigenvalue weighted by molar-refractivity contribution is -0.131. The van der Waals surface area contributed by atoms with Gasteiger partial charge in [-0.15, -0.1) is 0 Å². The molecule has 0 atom stereocenters. The fraction of sp³-hybridized carbons (Fsp3) is 0. The summed E-state index contributed by atoms with van der Waals surface area (Å²) in [6, 6.07) is 0. The molecule has 0 saturated carbocycles.